The highest BCUT2D eigenvalue weighted by atomic mass is 32.1. The number of alkyl halides is 2. The van der Waals surface area contributed by atoms with Crippen molar-refractivity contribution in [3.63, 3.8) is 0 Å². The normalized spacial score (nSPS) is 16.9. The molecule has 7 nitrogen and oxygen atoms in total. The fraction of sp³-hybridized carbons (Fsp3) is 0.160. The predicted octanol–water partition coefficient (Wildman–Crippen LogP) is 5.03. The number of nitrogens with one attached hydrogen (secondary N) is 4. The first kappa shape index (κ1) is 22.7. The molecule has 4 aromatic rings. The molecule has 1 amide bonds. The van der Waals surface area contributed by atoms with Crippen LogP contribution in [0.3, 0.4) is 0 Å². The van der Waals surface area contributed by atoms with E-state index in [1.807, 2.05) is 72.8 Å². The highest BCUT2D eigenvalue weighted by Gasteiger charge is 2.36. The Bertz CT molecular complexity index is 1370. The summed E-state index contributed by atoms with van der Waals surface area (Å²) in [5.41, 5.74) is 6.98. The van der Waals surface area contributed by atoms with Crippen LogP contribution in [0.4, 0.5) is 20.3 Å². The van der Waals surface area contributed by atoms with E-state index in [1.165, 1.54) is 10.9 Å². The minimum Gasteiger partial charge on any atom is -0.363 e. The van der Waals surface area contributed by atoms with Gasteiger partial charge in [-0.3, -0.25) is 15.6 Å². The van der Waals surface area contributed by atoms with Crippen molar-refractivity contribution in [2.24, 2.45) is 0 Å². The van der Waals surface area contributed by atoms with Crippen molar-refractivity contribution in [3.05, 3.63) is 90.1 Å². The van der Waals surface area contributed by atoms with Gasteiger partial charge in [-0.15, -0.1) is 0 Å². The Labute approximate surface area is 205 Å². The molecule has 0 saturated carbocycles. The third-order valence-electron chi connectivity index (χ3n) is 5.96. The van der Waals surface area contributed by atoms with Crippen molar-refractivity contribution in [2.75, 3.05) is 10.6 Å². The Morgan fingerprint density at radius 2 is 1.77 bits per heavy atom. The molecule has 5 rings (SSSR count). The van der Waals surface area contributed by atoms with Crippen molar-refractivity contribution in [3.8, 4) is 0 Å². The number of thiocarbonyl (C=S) groups is 1. The van der Waals surface area contributed by atoms with E-state index >= 15 is 0 Å². The van der Waals surface area contributed by atoms with Crippen molar-refractivity contribution < 1.29 is 13.6 Å². The molecule has 1 aliphatic heterocycles. The molecule has 178 valence electrons. The first-order valence-corrected chi connectivity index (χ1v) is 11.4. The van der Waals surface area contributed by atoms with E-state index in [0.717, 1.165) is 22.0 Å². The number of rotatable bonds is 4. The zero-order valence-electron chi connectivity index (χ0n) is 18.4. The lowest BCUT2D eigenvalue weighted by molar-refractivity contribution is 0.0656. The SMILES string of the molecule is O=C(NNC(=S)Nc1cccc2ccccc12)c1cnn2c1N[C@H](c1ccccc1)C[C@@H]2C(F)F. The van der Waals surface area contributed by atoms with Crippen LogP contribution in [0.15, 0.2) is 79.0 Å². The second-order valence-electron chi connectivity index (χ2n) is 8.16. The fourth-order valence-corrected chi connectivity index (χ4v) is 4.43. The zero-order chi connectivity index (χ0) is 24.4. The third kappa shape index (κ3) is 4.65. The number of hydrogen-bond acceptors (Lipinski definition) is 4. The van der Waals surface area contributed by atoms with Gasteiger partial charge in [0.2, 0.25) is 0 Å². The highest BCUT2D eigenvalue weighted by molar-refractivity contribution is 7.80. The predicted molar refractivity (Wildman–Crippen MR) is 135 cm³/mol. The minimum absolute atomic E-state index is 0.136. The summed E-state index contributed by atoms with van der Waals surface area (Å²) in [6.45, 7) is 0. The number of fused-ring (bicyclic) bond motifs is 2. The van der Waals surface area contributed by atoms with Crippen LogP contribution in [-0.2, 0) is 0 Å². The fourth-order valence-electron chi connectivity index (χ4n) is 4.27. The molecule has 3 aromatic carbocycles. The zero-order valence-corrected chi connectivity index (χ0v) is 19.2. The number of aromatic nitrogens is 2. The van der Waals surface area contributed by atoms with Crippen molar-refractivity contribution in [2.45, 2.75) is 24.9 Å². The lowest BCUT2D eigenvalue weighted by Gasteiger charge is -2.32. The number of benzene rings is 3. The number of nitrogens with zero attached hydrogens (tertiary/aromatic N) is 2. The summed E-state index contributed by atoms with van der Waals surface area (Å²) in [6, 6.07) is 21.4. The molecule has 0 saturated heterocycles. The number of carbonyl (C=O) groups is 1. The summed E-state index contributed by atoms with van der Waals surface area (Å²) < 4.78 is 28.9. The summed E-state index contributed by atoms with van der Waals surface area (Å²) in [6.07, 6.45) is -1.20. The van der Waals surface area contributed by atoms with Crippen molar-refractivity contribution in [1.82, 2.24) is 20.6 Å². The molecule has 0 fully saturated rings. The Morgan fingerprint density at radius 3 is 2.57 bits per heavy atom. The van der Waals surface area contributed by atoms with Gasteiger partial charge in [0.05, 0.1) is 12.2 Å². The van der Waals surface area contributed by atoms with Crippen LogP contribution in [0.5, 0.6) is 0 Å². The number of hydrogen-bond donors (Lipinski definition) is 4. The molecule has 0 radical (unpaired) electrons. The van der Waals surface area contributed by atoms with E-state index in [0.29, 0.717) is 0 Å². The Morgan fingerprint density at radius 1 is 1.03 bits per heavy atom. The maximum Gasteiger partial charge on any atom is 0.275 e. The van der Waals surface area contributed by atoms with E-state index in [9.17, 15) is 13.6 Å². The minimum atomic E-state index is -2.63. The van der Waals surface area contributed by atoms with Gasteiger partial charge in [0, 0.05) is 11.1 Å². The molecule has 0 spiro atoms. The van der Waals surface area contributed by atoms with Gasteiger partial charge in [-0.1, -0.05) is 66.7 Å². The van der Waals surface area contributed by atoms with Gasteiger partial charge >= 0.3 is 0 Å². The average Bonchev–Trinajstić information content (AvgIpc) is 3.31. The second kappa shape index (κ2) is 9.67. The lowest BCUT2D eigenvalue weighted by Crippen LogP contribution is -2.44. The van der Waals surface area contributed by atoms with Crippen LogP contribution >= 0.6 is 12.2 Å². The number of anilines is 2. The highest BCUT2D eigenvalue weighted by Crippen LogP contribution is 2.39. The topological polar surface area (TPSA) is 83.0 Å². The first-order valence-electron chi connectivity index (χ1n) is 11.0. The summed E-state index contributed by atoms with van der Waals surface area (Å²) in [4.78, 5) is 12.9. The van der Waals surface area contributed by atoms with Gasteiger partial charge in [-0.05, 0) is 35.7 Å². The number of amides is 1. The third-order valence-corrected chi connectivity index (χ3v) is 6.17. The number of hydrazine groups is 1. The molecule has 1 aromatic heterocycles. The van der Waals surface area contributed by atoms with Gasteiger partial charge < -0.3 is 10.6 Å². The molecule has 4 N–H and O–H groups in total. The lowest BCUT2D eigenvalue weighted by atomic mass is 9.97. The molecule has 2 heterocycles. The molecule has 10 heteroatoms. The van der Waals surface area contributed by atoms with Crippen molar-refractivity contribution >= 4 is 45.5 Å². The van der Waals surface area contributed by atoms with Crippen LogP contribution in [0.2, 0.25) is 0 Å². The molecule has 1 aliphatic rings. The van der Waals surface area contributed by atoms with Gasteiger partial charge in [-0.2, -0.15) is 5.10 Å². The standard InChI is InChI=1S/C25H22F2N6OS/c26-22(27)21-13-20(16-8-2-1-3-9-16)29-23-18(14-28-33(21)23)24(34)31-32-25(35)30-19-12-6-10-15-7-4-5-11-17(15)19/h1-12,14,20-22,29H,13H2,(H,31,34)(H2,30,32,35)/t20-,21+/m0/s1. The first-order chi connectivity index (χ1) is 17.0. The smallest absolute Gasteiger partial charge is 0.275 e. The molecule has 0 aliphatic carbocycles. The molecular formula is C25H22F2N6OS. The maximum atomic E-state index is 13.8. The Hall–Kier alpha value is -4.05. The number of halogens is 2. The van der Waals surface area contributed by atoms with Crippen molar-refractivity contribution in [1.29, 1.82) is 0 Å². The molecule has 2 atom stereocenters. The van der Waals surface area contributed by atoms with Gasteiger partial charge in [0.25, 0.3) is 12.3 Å². The van der Waals surface area contributed by atoms with Crippen LogP contribution in [0, 0.1) is 0 Å². The Balaban J connectivity index is 1.30. The second-order valence-corrected chi connectivity index (χ2v) is 8.56. The average molecular weight is 493 g/mol. The molecule has 0 bridgehead atoms. The van der Waals surface area contributed by atoms with Crippen LogP contribution in [-0.4, -0.2) is 27.2 Å². The summed E-state index contributed by atoms with van der Waals surface area (Å²) in [7, 11) is 0. The Kier molecular flexibility index (Phi) is 6.28. The largest absolute Gasteiger partial charge is 0.363 e. The summed E-state index contributed by atoms with van der Waals surface area (Å²) in [5.74, 6) is -0.315. The van der Waals surface area contributed by atoms with E-state index in [4.69, 9.17) is 12.2 Å². The van der Waals surface area contributed by atoms with Crippen LogP contribution < -0.4 is 21.5 Å². The monoisotopic (exact) mass is 492 g/mol. The maximum absolute atomic E-state index is 13.8. The van der Waals surface area contributed by atoms with Crippen LogP contribution in [0.25, 0.3) is 10.8 Å². The van der Waals surface area contributed by atoms with E-state index in [-0.39, 0.29) is 29.0 Å². The molecule has 35 heavy (non-hydrogen) atoms. The van der Waals surface area contributed by atoms with E-state index in [1.54, 1.807) is 0 Å². The van der Waals surface area contributed by atoms with E-state index < -0.39 is 18.4 Å². The number of carbonyl (C=O) groups excluding carboxylic acids is 1. The van der Waals surface area contributed by atoms with Crippen LogP contribution in [0.1, 0.15) is 34.4 Å². The molecule has 0 unspecified atom stereocenters. The van der Waals surface area contributed by atoms with Gasteiger partial charge in [0.1, 0.15) is 17.4 Å². The quantitative estimate of drug-likeness (QED) is 0.236. The molecular weight excluding hydrogens is 470 g/mol. The van der Waals surface area contributed by atoms with E-state index in [2.05, 4.69) is 26.6 Å². The summed E-state index contributed by atoms with van der Waals surface area (Å²) >= 11 is 5.33. The summed E-state index contributed by atoms with van der Waals surface area (Å²) in [5, 5.41) is 12.5. The van der Waals surface area contributed by atoms with Gasteiger partial charge in [0.15, 0.2) is 5.11 Å². The van der Waals surface area contributed by atoms with Gasteiger partial charge in [-0.25, -0.2) is 13.5 Å².